The lowest BCUT2D eigenvalue weighted by atomic mass is 10.2. The van der Waals surface area contributed by atoms with Gasteiger partial charge < -0.3 is 4.42 Å². The Bertz CT molecular complexity index is 473. The molecule has 60 valence electrons. The molecule has 2 aromatic rings. The van der Waals surface area contributed by atoms with Crippen molar-refractivity contribution < 1.29 is 4.42 Å². The first-order valence-corrected chi connectivity index (χ1v) is 3.63. The van der Waals surface area contributed by atoms with Crippen LogP contribution in [-0.2, 0) is 0 Å². The Labute approximate surface area is 68.7 Å². The lowest BCUT2D eigenvalue weighted by Gasteiger charge is -1.96. The zero-order chi connectivity index (χ0) is 8.55. The zero-order valence-corrected chi connectivity index (χ0v) is 6.57. The van der Waals surface area contributed by atoms with Crippen LogP contribution in [0.1, 0.15) is 5.56 Å². The Balaban J connectivity index is 2.99. The van der Waals surface area contributed by atoms with Crippen molar-refractivity contribution in [2.24, 2.45) is 0 Å². The van der Waals surface area contributed by atoms with Gasteiger partial charge in [0.15, 0.2) is 0 Å². The first-order chi connectivity index (χ1) is 5.77. The molecule has 0 aliphatic rings. The van der Waals surface area contributed by atoms with Crippen molar-refractivity contribution in [2.45, 2.75) is 6.92 Å². The molecule has 0 atom stereocenters. The van der Waals surface area contributed by atoms with Gasteiger partial charge in [0.1, 0.15) is 0 Å². The van der Waals surface area contributed by atoms with Crippen molar-refractivity contribution in [1.82, 2.24) is 4.98 Å². The normalized spacial score (nSPS) is 10.4. The number of pyridine rings is 1. The summed E-state index contributed by atoms with van der Waals surface area (Å²) < 4.78 is 4.88. The SMILES string of the molecule is Cc1cc(=O)oc2ncccc12. The molecule has 2 rings (SSSR count). The van der Waals surface area contributed by atoms with E-state index in [-0.39, 0.29) is 5.63 Å². The average Bonchev–Trinajstić information content (AvgIpc) is 2.04. The molecule has 2 aromatic heterocycles. The summed E-state index contributed by atoms with van der Waals surface area (Å²) in [6.07, 6.45) is 1.60. The second kappa shape index (κ2) is 2.44. The van der Waals surface area contributed by atoms with E-state index in [0.717, 1.165) is 10.9 Å². The minimum atomic E-state index is -0.348. The van der Waals surface area contributed by atoms with E-state index in [4.69, 9.17) is 4.42 Å². The Kier molecular flexibility index (Phi) is 1.43. The van der Waals surface area contributed by atoms with Crippen LogP contribution in [0.15, 0.2) is 33.6 Å². The quantitative estimate of drug-likeness (QED) is 0.588. The van der Waals surface area contributed by atoms with Gasteiger partial charge in [-0.2, -0.15) is 0 Å². The van der Waals surface area contributed by atoms with Crippen LogP contribution in [0, 0.1) is 6.92 Å². The molecule has 0 spiro atoms. The van der Waals surface area contributed by atoms with Crippen LogP contribution in [0.5, 0.6) is 0 Å². The maximum atomic E-state index is 10.9. The Morgan fingerprint density at radius 2 is 2.33 bits per heavy atom. The fraction of sp³-hybridized carbons (Fsp3) is 0.111. The second-order valence-electron chi connectivity index (χ2n) is 2.60. The Morgan fingerprint density at radius 1 is 1.50 bits per heavy atom. The summed E-state index contributed by atoms with van der Waals surface area (Å²) in [7, 11) is 0. The molecule has 12 heavy (non-hydrogen) atoms. The number of aryl methyl sites for hydroxylation is 1. The molecule has 0 unspecified atom stereocenters. The van der Waals surface area contributed by atoms with Gasteiger partial charge in [0.05, 0.1) is 0 Å². The van der Waals surface area contributed by atoms with Crippen molar-refractivity contribution in [3.05, 3.63) is 40.4 Å². The fourth-order valence-electron chi connectivity index (χ4n) is 1.15. The monoisotopic (exact) mass is 161 g/mol. The molecular formula is C9H7NO2. The number of fused-ring (bicyclic) bond motifs is 1. The van der Waals surface area contributed by atoms with Crippen LogP contribution >= 0.6 is 0 Å². The Morgan fingerprint density at radius 3 is 3.17 bits per heavy atom. The van der Waals surface area contributed by atoms with Gasteiger partial charge in [-0.15, -0.1) is 0 Å². The zero-order valence-electron chi connectivity index (χ0n) is 6.57. The number of hydrogen-bond donors (Lipinski definition) is 0. The molecule has 0 bridgehead atoms. The van der Waals surface area contributed by atoms with Crippen LogP contribution in [0.3, 0.4) is 0 Å². The molecular weight excluding hydrogens is 154 g/mol. The summed E-state index contributed by atoms with van der Waals surface area (Å²) in [5, 5.41) is 0.886. The van der Waals surface area contributed by atoms with E-state index >= 15 is 0 Å². The van der Waals surface area contributed by atoms with Crippen LogP contribution in [-0.4, -0.2) is 4.98 Å². The van der Waals surface area contributed by atoms with E-state index in [1.165, 1.54) is 6.07 Å². The van der Waals surface area contributed by atoms with Crippen LogP contribution in [0.25, 0.3) is 11.1 Å². The van der Waals surface area contributed by atoms with Gasteiger partial charge in [-0.25, -0.2) is 9.78 Å². The number of rotatable bonds is 0. The van der Waals surface area contributed by atoms with Crippen molar-refractivity contribution in [3.8, 4) is 0 Å². The van der Waals surface area contributed by atoms with E-state index in [1.54, 1.807) is 6.20 Å². The summed E-state index contributed by atoms with van der Waals surface area (Å²) in [5.74, 6) is 0. The highest BCUT2D eigenvalue weighted by molar-refractivity contribution is 5.75. The molecule has 0 aromatic carbocycles. The van der Waals surface area contributed by atoms with Crippen molar-refractivity contribution in [1.29, 1.82) is 0 Å². The smallest absolute Gasteiger partial charge is 0.337 e. The highest BCUT2D eigenvalue weighted by Crippen LogP contribution is 2.11. The van der Waals surface area contributed by atoms with E-state index in [0.29, 0.717) is 5.71 Å². The van der Waals surface area contributed by atoms with Gasteiger partial charge in [0.25, 0.3) is 0 Å². The van der Waals surface area contributed by atoms with Gasteiger partial charge in [-0.3, -0.25) is 0 Å². The van der Waals surface area contributed by atoms with Crippen molar-refractivity contribution in [2.75, 3.05) is 0 Å². The highest BCUT2D eigenvalue weighted by Gasteiger charge is 1.99. The summed E-state index contributed by atoms with van der Waals surface area (Å²) in [4.78, 5) is 14.8. The first kappa shape index (κ1) is 7.03. The largest absolute Gasteiger partial charge is 0.404 e. The lowest BCUT2D eigenvalue weighted by molar-refractivity contribution is 0.548. The standard InChI is InChI=1S/C9H7NO2/c1-6-5-8(11)12-9-7(6)3-2-4-10-9/h2-5H,1H3. The molecule has 0 amide bonds. The molecule has 3 nitrogen and oxygen atoms in total. The molecule has 0 aliphatic heterocycles. The van der Waals surface area contributed by atoms with Gasteiger partial charge in [-0.1, -0.05) is 0 Å². The van der Waals surface area contributed by atoms with Gasteiger partial charge in [-0.05, 0) is 24.6 Å². The molecule has 3 heteroatoms. The van der Waals surface area contributed by atoms with Crippen LogP contribution in [0.4, 0.5) is 0 Å². The topological polar surface area (TPSA) is 43.1 Å². The third-order valence-electron chi connectivity index (χ3n) is 1.73. The number of aromatic nitrogens is 1. The van der Waals surface area contributed by atoms with Gasteiger partial charge >= 0.3 is 5.63 Å². The summed E-state index contributed by atoms with van der Waals surface area (Å²) in [6, 6.07) is 5.15. The lowest BCUT2D eigenvalue weighted by Crippen LogP contribution is -1.98. The minimum absolute atomic E-state index is 0.348. The predicted molar refractivity (Wildman–Crippen MR) is 45.0 cm³/mol. The van der Waals surface area contributed by atoms with E-state index in [9.17, 15) is 4.79 Å². The molecule has 0 saturated carbocycles. The average molecular weight is 161 g/mol. The summed E-state index contributed by atoms with van der Waals surface area (Å²) >= 11 is 0. The maximum absolute atomic E-state index is 10.9. The third kappa shape index (κ3) is 0.993. The maximum Gasteiger partial charge on any atom is 0.337 e. The van der Waals surface area contributed by atoms with Crippen molar-refractivity contribution in [3.63, 3.8) is 0 Å². The van der Waals surface area contributed by atoms with Crippen LogP contribution < -0.4 is 5.63 Å². The molecule has 2 heterocycles. The van der Waals surface area contributed by atoms with E-state index in [1.807, 2.05) is 19.1 Å². The fourth-order valence-corrected chi connectivity index (χ4v) is 1.15. The molecule has 0 N–H and O–H groups in total. The molecule has 0 fully saturated rings. The van der Waals surface area contributed by atoms with Crippen molar-refractivity contribution >= 4 is 11.1 Å². The number of nitrogens with zero attached hydrogens (tertiary/aromatic N) is 1. The third-order valence-corrected chi connectivity index (χ3v) is 1.73. The molecule has 0 saturated heterocycles. The first-order valence-electron chi connectivity index (χ1n) is 3.63. The minimum Gasteiger partial charge on any atom is -0.404 e. The van der Waals surface area contributed by atoms with Gasteiger partial charge in [0.2, 0.25) is 5.71 Å². The number of hydrogen-bond acceptors (Lipinski definition) is 3. The highest BCUT2D eigenvalue weighted by atomic mass is 16.4. The summed E-state index contributed by atoms with van der Waals surface area (Å²) in [6.45, 7) is 1.86. The summed E-state index contributed by atoms with van der Waals surface area (Å²) in [5.41, 5.74) is 0.954. The predicted octanol–water partition coefficient (Wildman–Crippen LogP) is 1.50. The second-order valence-corrected chi connectivity index (χ2v) is 2.60. The van der Waals surface area contributed by atoms with E-state index in [2.05, 4.69) is 4.98 Å². The molecule has 0 aliphatic carbocycles. The van der Waals surface area contributed by atoms with Crippen LogP contribution in [0.2, 0.25) is 0 Å². The van der Waals surface area contributed by atoms with Gasteiger partial charge in [0, 0.05) is 17.6 Å². The van der Waals surface area contributed by atoms with E-state index < -0.39 is 0 Å². The molecule has 0 radical (unpaired) electrons. The Hall–Kier alpha value is -1.64.